The SMILES string of the molecule is CCC(CC)(CN)C(=O)N1CCN(c2ncccc2C(N)=O)CC1. The van der Waals surface area contributed by atoms with E-state index in [4.69, 9.17) is 11.5 Å². The first kappa shape index (κ1) is 18.2. The van der Waals surface area contributed by atoms with Crippen LogP contribution in [-0.4, -0.2) is 54.4 Å². The van der Waals surface area contributed by atoms with E-state index >= 15 is 0 Å². The van der Waals surface area contributed by atoms with E-state index in [9.17, 15) is 9.59 Å². The maximum atomic E-state index is 12.9. The maximum absolute atomic E-state index is 12.9. The summed E-state index contributed by atoms with van der Waals surface area (Å²) in [5.74, 6) is 0.231. The van der Waals surface area contributed by atoms with Gasteiger partial charge >= 0.3 is 0 Å². The molecular weight excluding hydrogens is 306 g/mol. The van der Waals surface area contributed by atoms with E-state index in [0.717, 1.165) is 12.8 Å². The number of carbonyl (C=O) groups is 2. The summed E-state index contributed by atoms with van der Waals surface area (Å²) in [4.78, 5) is 32.6. The van der Waals surface area contributed by atoms with Crippen LogP contribution in [0.1, 0.15) is 37.0 Å². The van der Waals surface area contributed by atoms with E-state index in [1.807, 2.05) is 23.6 Å². The summed E-state index contributed by atoms with van der Waals surface area (Å²) < 4.78 is 0. The van der Waals surface area contributed by atoms with E-state index in [1.54, 1.807) is 18.3 Å². The molecule has 2 rings (SSSR count). The second-order valence-corrected chi connectivity index (χ2v) is 6.21. The third-order valence-electron chi connectivity index (χ3n) is 5.12. The van der Waals surface area contributed by atoms with E-state index in [1.165, 1.54) is 0 Å². The highest BCUT2D eigenvalue weighted by Gasteiger charge is 2.38. The summed E-state index contributed by atoms with van der Waals surface area (Å²) in [7, 11) is 0. The monoisotopic (exact) mass is 333 g/mol. The van der Waals surface area contributed by atoms with Crippen molar-refractivity contribution in [1.82, 2.24) is 9.88 Å². The van der Waals surface area contributed by atoms with Gasteiger partial charge in [-0.15, -0.1) is 0 Å². The summed E-state index contributed by atoms with van der Waals surface area (Å²) in [6.07, 6.45) is 3.13. The normalized spacial score (nSPS) is 15.5. The minimum Gasteiger partial charge on any atom is -0.365 e. The van der Waals surface area contributed by atoms with Gasteiger partial charge < -0.3 is 21.3 Å². The van der Waals surface area contributed by atoms with Crippen LogP contribution in [-0.2, 0) is 4.79 Å². The number of piperazine rings is 1. The average molecular weight is 333 g/mol. The second kappa shape index (κ2) is 7.61. The van der Waals surface area contributed by atoms with Gasteiger partial charge in [0.15, 0.2) is 0 Å². The average Bonchev–Trinajstić information content (AvgIpc) is 2.63. The number of nitrogens with two attached hydrogens (primary N) is 2. The first-order valence-electron chi connectivity index (χ1n) is 8.48. The van der Waals surface area contributed by atoms with E-state index in [0.29, 0.717) is 44.1 Å². The fraction of sp³-hybridized carbons (Fsp3) is 0.588. The molecule has 0 spiro atoms. The molecular formula is C17H27N5O2. The molecule has 0 unspecified atom stereocenters. The Morgan fingerprint density at radius 1 is 1.21 bits per heavy atom. The summed E-state index contributed by atoms with van der Waals surface area (Å²) >= 11 is 0. The van der Waals surface area contributed by atoms with Gasteiger partial charge in [-0.05, 0) is 25.0 Å². The van der Waals surface area contributed by atoms with E-state index in [2.05, 4.69) is 4.98 Å². The summed E-state index contributed by atoms with van der Waals surface area (Å²) in [6.45, 7) is 6.82. The fourth-order valence-electron chi connectivity index (χ4n) is 3.23. The van der Waals surface area contributed by atoms with Crippen LogP contribution in [0.3, 0.4) is 0 Å². The Hall–Kier alpha value is -2.15. The van der Waals surface area contributed by atoms with Crippen molar-refractivity contribution in [3.63, 3.8) is 0 Å². The van der Waals surface area contributed by atoms with Crippen molar-refractivity contribution in [3.8, 4) is 0 Å². The van der Waals surface area contributed by atoms with Gasteiger partial charge in [-0.1, -0.05) is 13.8 Å². The molecule has 1 saturated heterocycles. The fourth-order valence-corrected chi connectivity index (χ4v) is 3.23. The predicted octanol–water partition coefficient (Wildman–Crippen LogP) is 0.594. The molecule has 7 nitrogen and oxygen atoms in total. The number of aromatic nitrogens is 1. The largest absolute Gasteiger partial charge is 0.365 e. The van der Waals surface area contributed by atoms with Gasteiger partial charge in [-0.2, -0.15) is 0 Å². The van der Waals surface area contributed by atoms with Crippen LogP contribution in [0.15, 0.2) is 18.3 Å². The number of nitrogens with zero attached hydrogens (tertiary/aromatic N) is 3. The van der Waals surface area contributed by atoms with Crippen molar-refractivity contribution in [2.75, 3.05) is 37.6 Å². The summed E-state index contributed by atoms with van der Waals surface area (Å²) in [5, 5.41) is 0. The molecule has 1 fully saturated rings. The van der Waals surface area contributed by atoms with Gasteiger partial charge in [0, 0.05) is 38.9 Å². The van der Waals surface area contributed by atoms with Crippen LogP contribution >= 0.6 is 0 Å². The third kappa shape index (κ3) is 3.36. The van der Waals surface area contributed by atoms with E-state index < -0.39 is 11.3 Å². The molecule has 1 aliphatic rings. The smallest absolute Gasteiger partial charge is 0.252 e. The quantitative estimate of drug-likeness (QED) is 0.793. The molecule has 1 aromatic rings. The molecule has 0 atom stereocenters. The Balaban J connectivity index is 2.09. The molecule has 0 aliphatic carbocycles. The highest BCUT2D eigenvalue weighted by atomic mass is 16.2. The van der Waals surface area contributed by atoms with Crippen molar-refractivity contribution < 1.29 is 9.59 Å². The lowest BCUT2D eigenvalue weighted by atomic mass is 9.81. The molecule has 132 valence electrons. The molecule has 1 aromatic heterocycles. The third-order valence-corrected chi connectivity index (χ3v) is 5.12. The first-order chi connectivity index (χ1) is 11.5. The summed E-state index contributed by atoms with van der Waals surface area (Å²) in [5.41, 5.74) is 11.3. The zero-order valence-corrected chi connectivity index (χ0v) is 14.5. The number of hydrogen-bond donors (Lipinski definition) is 2. The number of primary amides is 1. The van der Waals surface area contributed by atoms with Crippen molar-refractivity contribution in [3.05, 3.63) is 23.9 Å². The molecule has 7 heteroatoms. The predicted molar refractivity (Wildman–Crippen MR) is 93.6 cm³/mol. The molecule has 24 heavy (non-hydrogen) atoms. The molecule has 0 bridgehead atoms. The van der Waals surface area contributed by atoms with Crippen LogP contribution in [0.25, 0.3) is 0 Å². The second-order valence-electron chi connectivity index (χ2n) is 6.21. The number of anilines is 1. The van der Waals surface area contributed by atoms with Gasteiger partial charge in [-0.25, -0.2) is 4.98 Å². The zero-order chi connectivity index (χ0) is 17.7. The van der Waals surface area contributed by atoms with E-state index in [-0.39, 0.29) is 5.91 Å². The van der Waals surface area contributed by atoms with Crippen molar-refractivity contribution >= 4 is 17.6 Å². The minimum atomic E-state index is -0.490. The Kier molecular flexibility index (Phi) is 5.77. The Morgan fingerprint density at radius 3 is 2.33 bits per heavy atom. The van der Waals surface area contributed by atoms with Crippen LogP contribution in [0.4, 0.5) is 5.82 Å². The molecule has 2 amide bonds. The van der Waals surface area contributed by atoms with Gasteiger partial charge in [0.2, 0.25) is 5.91 Å². The first-order valence-corrected chi connectivity index (χ1v) is 8.48. The van der Waals surface area contributed by atoms with Crippen LogP contribution < -0.4 is 16.4 Å². The lowest BCUT2D eigenvalue weighted by molar-refractivity contribution is -0.142. The Labute approximate surface area is 143 Å². The highest BCUT2D eigenvalue weighted by molar-refractivity contribution is 5.97. The zero-order valence-electron chi connectivity index (χ0n) is 14.5. The standard InChI is InChI=1S/C17H27N5O2/c1-3-17(4-2,12-18)16(24)22-10-8-21(9-11-22)15-13(14(19)23)6-5-7-20-15/h5-7H,3-4,8-12,18H2,1-2H3,(H2,19,23). The lowest BCUT2D eigenvalue weighted by Crippen LogP contribution is -2.55. The van der Waals surface area contributed by atoms with Crippen LogP contribution in [0.5, 0.6) is 0 Å². The Bertz CT molecular complexity index is 584. The number of pyridine rings is 1. The van der Waals surface area contributed by atoms with Gasteiger partial charge in [0.25, 0.3) is 5.91 Å². The lowest BCUT2D eigenvalue weighted by Gasteiger charge is -2.40. The van der Waals surface area contributed by atoms with Crippen molar-refractivity contribution in [1.29, 1.82) is 0 Å². The van der Waals surface area contributed by atoms with Gasteiger partial charge in [-0.3, -0.25) is 9.59 Å². The summed E-state index contributed by atoms with van der Waals surface area (Å²) in [6, 6.07) is 3.37. The number of amides is 2. The number of carbonyl (C=O) groups excluding carboxylic acids is 2. The molecule has 0 radical (unpaired) electrons. The molecule has 1 aliphatic heterocycles. The number of hydrogen-bond acceptors (Lipinski definition) is 5. The van der Waals surface area contributed by atoms with Crippen LogP contribution in [0, 0.1) is 5.41 Å². The van der Waals surface area contributed by atoms with Gasteiger partial charge in [0.05, 0.1) is 11.0 Å². The van der Waals surface area contributed by atoms with Gasteiger partial charge in [0.1, 0.15) is 5.82 Å². The molecule has 4 N–H and O–H groups in total. The maximum Gasteiger partial charge on any atom is 0.252 e. The minimum absolute atomic E-state index is 0.130. The Morgan fingerprint density at radius 2 is 1.83 bits per heavy atom. The van der Waals surface area contributed by atoms with Crippen LogP contribution in [0.2, 0.25) is 0 Å². The number of rotatable bonds is 6. The van der Waals surface area contributed by atoms with Crippen molar-refractivity contribution in [2.24, 2.45) is 16.9 Å². The molecule has 0 saturated carbocycles. The molecule has 2 heterocycles. The molecule has 0 aromatic carbocycles. The highest BCUT2D eigenvalue weighted by Crippen LogP contribution is 2.29. The topological polar surface area (TPSA) is 106 Å². The van der Waals surface area contributed by atoms with Crippen molar-refractivity contribution in [2.45, 2.75) is 26.7 Å².